The van der Waals surface area contributed by atoms with Crippen LogP contribution in [0.15, 0.2) is 140 Å². The Balaban J connectivity index is 0.000000116. The Kier molecular flexibility index (Phi) is 29.4. The summed E-state index contributed by atoms with van der Waals surface area (Å²) in [6.45, 7) is 27.4. The van der Waals surface area contributed by atoms with Crippen LogP contribution in [0.4, 0.5) is 52.7 Å². The van der Waals surface area contributed by atoms with Crippen molar-refractivity contribution in [1.29, 1.82) is 0 Å². The average Bonchev–Trinajstić information content (AvgIpc) is 1.48. The number of carbonyl (C=O) groups excluding carboxylic acids is 12. The van der Waals surface area contributed by atoms with Crippen LogP contribution in [0.2, 0.25) is 0 Å². The lowest BCUT2D eigenvalue weighted by Gasteiger charge is -2.31. The lowest BCUT2D eigenvalue weighted by atomic mass is 9.77. The lowest BCUT2D eigenvalue weighted by molar-refractivity contribution is -0.147. The van der Waals surface area contributed by atoms with Crippen LogP contribution in [0.3, 0.4) is 0 Å². The summed E-state index contributed by atoms with van der Waals surface area (Å²) in [5, 5.41) is 16.0. The molecule has 23 rings (SSSR count). The minimum absolute atomic E-state index is 0.108. The van der Waals surface area contributed by atoms with Crippen molar-refractivity contribution in [2.75, 3.05) is 0 Å². The molecule has 6 N–H and O–H groups in total. The standard InChI is InChI=1S/C21H23FN2O2.C20H23FN2O2.C19H21FN2O2.C18H19FN2O2.2C17H16F4N2O2/c1-11-2-5-19(20(25)23-11)24-10-18-16(8-14(22)9-17(18)21(24)26)15-7-12-3-4-13(15)6-12;1-11-7-8-17(19(24)22-11)23-10-15-14(20(23)25)9-16(21)12(2)18(15)13-5-3-4-6-13;1-11-6-9-16(18(23)21-11)22-10-14-13(19(22)24)7-8-15(20)17(14)12-4-2-3-5-12;1-10-5-6-16(17(22)20-10)21-9-15-13(11-3-2-4-11)7-12(19)8-14(15)18(21)23;2*1-8-3-4-14(15(24)22-8)23-7-13-11(9(2)17(19,20)21)5-10(18)6-12(13)16(23)25/h8-9,12-13,15,19H,1-7,10H2,(H,23,25);9,13,17H,1,3-8,10H2,2H3,(H,22,24);7-8,12,16H,1-6,9-10H2,(H,21,23);7-8,11,16H,1-6,9H2,(H,20,22);2*5-6,9,14H,1,3-4,7H2,2H3,(H,22,24)/t;;;;2*9-,14?/m....10/s1. The van der Waals surface area contributed by atoms with Crippen LogP contribution in [0.1, 0.15) is 357 Å². The first kappa shape index (κ1) is 104. The third kappa shape index (κ3) is 20.5. The van der Waals surface area contributed by atoms with E-state index < -0.39 is 95.7 Å². The van der Waals surface area contributed by atoms with Gasteiger partial charge in [0.05, 0.1) is 11.8 Å². The molecule has 0 aromatic heterocycles. The highest BCUT2D eigenvalue weighted by Crippen LogP contribution is 2.56. The number of nitrogens with zero attached hydrogens (tertiary/aromatic N) is 6. The van der Waals surface area contributed by atoms with Gasteiger partial charge in [-0.3, -0.25) is 57.5 Å². The van der Waals surface area contributed by atoms with Gasteiger partial charge in [-0.15, -0.1) is 0 Å². The summed E-state index contributed by atoms with van der Waals surface area (Å²) < 4.78 is 163. The zero-order valence-electron chi connectivity index (χ0n) is 82.6. The highest BCUT2D eigenvalue weighted by atomic mass is 19.4. The van der Waals surface area contributed by atoms with E-state index in [9.17, 15) is 110 Å². The van der Waals surface area contributed by atoms with Crippen molar-refractivity contribution < 1.29 is 110 Å². The molecule has 12 aliphatic heterocycles. The van der Waals surface area contributed by atoms with E-state index in [1.165, 1.54) is 53.3 Å². The molecule has 0 radical (unpaired) electrons. The Morgan fingerprint density at radius 3 is 0.912 bits per heavy atom. The molecule has 5 aliphatic carbocycles. The SMILES string of the molecule is C=C1CCC(N2Cc3c(cc(F)c(C)c3C3CCCC3)C2=O)C(=O)N1.C=C1CCC(N2Cc3c(cc(F)cc3C3CC4CCC3C4)C2=O)C(=O)N1.C=C1CCC(N2Cc3c(cc(F)cc3C3CCC3)C2=O)C(=O)N1.C=C1CCC(N2Cc3c(cc(F)cc3[C@@H](C)C(F)(F)F)C2=O)C(=O)N1.C=C1CCC(N2Cc3c(cc(F)cc3[C@H](C)C(F)(F)F)C2=O)C(=O)N1.C=C1CCC(N2Cc3c(ccc(F)c3C3CCCC3)C2=O)C(=O)N1. The van der Waals surface area contributed by atoms with Crippen LogP contribution in [-0.4, -0.2) is 149 Å². The van der Waals surface area contributed by atoms with Gasteiger partial charge in [-0.1, -0.05) is 78.0 Å². The quantitative estimate of drug-likeness (QED) is 0.0624. The second-order valence-corrected chi connectivity index (χ2v) is 42.4. The minimum atomic E-state index is -4.56. The van der Waals surface area contributed by atoms with Gasteiger partial charge in [0, 0.05) is 107 Å². The average molecular weight is 2050 g/mol. The second kappa shape index (κ2) is 41.6. The molecule has 782 valence electrons. The van der Waals surface area contributed by atoms with Crippen LogP contribution < -0.4 is 31.9 Å². The van der Waals surface area contributed by atoms with Crippen LogP contribution in [0, 0.1) is 53.7 Å². The van der Waals surface area contributed by atoms with E-state index in [0.717, 1.165) is 160 Å². The second-order valence-electron chi connectivity index (χ2n) is 42.4. The van der Waals surface area contributed by atoms with E-state index in [4.69, 9.17) is 0 Å². The fourth-order valence-electron chi connectivity index (χ4n) is 25.1. The molecule has 6 aromatic rings. The summed E-state index contributed by atoms with van der Waals surface area (Å²) in [5.41, 5.74) is 13.2. The zero-order chi connectivity index (χ0) is 106. The number of alkyl halides is 6. The van der Waals surface area contributed by atoms with Gasteiger partial charge in [0.2, 0.25) is 35.4 Å². The first-order valence-corrected chi connectivity index (χ1v) is 51.1. The van der Waals surface area contributed by atoms with Crippen LogP contribution >= 0.6 is 0 Å². The Morgan fingerprint density at radius 2 is 0.595 bits per heavy atom. The lowest BCUT2D eigenvalue weighted by Crippen LogP contribution is -2.49. The maximum Gasteiger partial charge on any atom is 0.395 e. The summed E-state index contributed by atoms with van der Waals surface area (Å²) in [5.74, 6) is -7.87. The number of hydrogen-bond acceptors (Lipinski definition) is 12. The van der Waals surface area contributed by atoms with Crippen LogP contribution in [-0.2, 0) is 68.0 Å². The van der Waals surface area contributed by atoms with E-state index in [-0.39, 0.29) is 123 Å². The van der Waals surface area contributed by atoms with Gasteiger partial charge < -0.3 is 61.3 Å². The fourth-order valence-corrected chi connectivity index (χ4v) is 25.1. The number of fused-ring (bicyclic) bond motifs is 8. The van der Waals surface area contributed by atoms with Crippen molar-refractivity contribution in [2.24, 2.45) is 11.8 Å². The summed E-state index contributed by atoms with van der Waals surface area (Å²) >= 11 is 0. The number of benzene rings is 6. The van der Waals surface area contributed by atoms with Crippen LogP contribution in [0.25, 0.3) is 0 Å². The number of rotatable bonds is 12. The van der Waals surface area contributed by atoms with Gasteiger partial charge in [-0.2, -0.15) is 26.3 Å². The van der Waals surface area contributed by atoms with Crippen molar-refractivity contribution in [3.63, 3.8) is 0 Å². The molecule has 12 amide bonds. The molecular weight excluding hydrogens is 1930 g/mol. The van der Waals surface area contributed by atoms with E-state index >= 15 is 0 Å². The molecule has 2 bridgehead atoms. The molecule has 11 fully saturated rings. The Hall–Kier alpha value is -13.4. The third-order valence-electron chi connectivity index (χ3n) is 33.2. The normalized spacial score (nSPS) is 25.1. The molecule has 12 heterocycles. The minimum Gasteiger partial charge on any atom is -0.329 e. The third-order valence-corrected chi connectivity index (χ3v) is 33.2. The highest BCUT2D eigenvalue weighted by Gasteiger charge is 2.52. The first-order chi connectivity index (χ1) is 70.3. The number of allylic oxidation sites excluding steroid dienone is 6. The maximum absolute atomic E-state index is 14.5. The molecule has 11 atom stereocenters. The Bertz CT molecular complexity index is 6500. The summed E-state index contributed by atoms with van der Waals surface area (Å²) in [6, 6.07) is 10.2. The highest BCUT2D eigenvalue weighted by molar-refractivity contribution is 6.07. The molecule has 9 unspecified atom stereocenters. The number of halogens is 12. The van der Waals surface area contributed by atoms with Gasteiger partial charge in [-0.25, -0.2) is 26.3 Å². The number of piperidine rings is 6. The monoisotopic (exact) mass is 2050 g/mol. The molecule has 6 aromatic carbocycles. The van der Waals surface area contributed by atoms with E-state index in [1.807, 2.05) is 6.92 Å². The number of carbonyl (C=O) groups is 12. The van der Waals surface area contributed by atoms with Crippen molar-refractivity contribution in [3.8, 4) is 0 Å². The topological polar surface area (TPSA) is 296 Å². The molecule has 36 heteroatoms. The summed E-state index contributed by atoms with van der Waals surface area (Å²) in [6.07, 6.45) is 14.1. The van der Waals surface area contributed by atoms with Crippen LogP contribution in [0.5, 0.6) is 0 Å². The molecule has 148 heavy (non-hydrogen) atoms. The molecular formula is C112H118F12N12O12. The smallest absolute Gasteiger partial charge is 0.329 e. The first-order valence-electron chi connectivity index (χ1n) is 51.1. The van der Waals surface area contributed by atoms with Gasteiger partial charge in [0.25, 0.3) is 35.4 Å². The predicted octanol–water partition coefficient (Wildman–Crippen LogP) is 19.6. The molecule has 6 saturated heterocycles. The molecule has 17 aliphatic rings. The largest absolute Gasteiger partial charge is 0.395 e. The van der Waals surface area contributed by atoms with Crippen molar-refractivity contribution in [2.45, 2.75) is 318 Å². The van der Waals surface area contributed by atoms with Gasteiger partial charge in [0.15, 0.2) is 0 Å². The van der Waals surface area contributed by atoms with Gasteiger partial charge in [0.1, 0.15) is 71.2 Å². The fraction of sp³-hybridized carbons (Fsp3) is 0.464. The molecule has 24 nitrogen and oxygen atoms in total. The van der Waals surface area contributed by atoms with Crippen molar-refractivity contribution >= 4 is 70.9 Å². The van der Waals surface area contributed by atoms with E-state index in [1.54, 1.807) is 37.8 Å². The molecule has 0 spiro atoms. The van der Waals surface area contributed by atoms with Crippen molar-refractivity contribution in [1.82, 2.24) is 61.3 Å². The van der Waals surface area contributed by atoms with E-state index in [0.29, 0.717) is 194 Å². The van der Waals surface area contributed by atoms with E-state index in [2.05, 4.69) is 71.4 Å². The number of nitrogens with one attached hydrogen (secondary N) is 6. The van der Waals surface area contributed by atoms with Crippen molar-refractivity contribution in [3.05, 3.63) is 281 Å². The Labute approximate surface area is 848 Å². The summed E-state index contributed by atoms with van der Waals surface area (Å²) in [7, 11) is 0. The van der Waals surface area contributed by atoms with Gasteiger partial charge >= 0.3 is 12.4 Å². The summed E-state index contributed by atoms with van der Waals surface area (Å²) in [4.78, 5) is 159. The number of hydrogen-bond donors (Lipinski definition) is 6. The zero-order valence-corrected chi connectivity index (χ0v) is 82.6. The predicted molar refractivity (Wildman–Crippen MR) is 520 cm³/mol. The van der Waals surface area contributed by atoms with Gasteiger partial charge in [-0.05, 0) is 330 Å². The number of amides is 12. The maximum atomic E-state index is 14.5. The Morgan fingerprint density at radius 1 is 0.304 bits per heavy atom. The molecule has 5 saturated carbocycles.